The number of rotatable bonds is 4. The van der Waals surface area contributed by atoms with Gasteiger partial charge in [-0.05, 0) is 43.3 Å². The Morgan fingerprint density at radius 3 is 2.05 bits per heavy atom. The van der Waals surface area contributed by atoms with Crippen molar-refractivity contribution in [2.75, 3.05) is 17.8 Å². The first-order chi connectivity index (χ1) is 9.60. The fourth-order valence-corrected chi connectivity index (χ4v) is 1.89. The van der Waals surface area contributed by atoms with Gasteiger partial charge in [-0.3, -0.25) is 4.79 Å². The van der Waals surface area contributed by atoms with Crippen LogP contribution in [0.25, 0.3) is 0 Å². The molecule has 0 heterocycles. The van der Waals surface area contributed by atoms with Crippen LogP contribution in [-0.2, 0) is 4.79 Å². The summed E-state index contributed by atoms with van der Waals surface area (Å²) >= 11 is 5.53. The van der Waals surface area contributed by atoms with E-state index >= 15 is 0 Å². The second kappa shape index (κ2) is 6.44. The number of nitrogens with zero attached hydrogens (tertiary/aromatic N) is 1. The highest BCUT2D eigenvalue weighted by molar-refractivity contribution is 6.29. The Morgan fingerprint density at radius 1 is 1.05 bits per heavy atom. The summed E-state index contributed by atoms with van der Waals surface area (Å²) in [6.45, 7) is 2.03. The van der Waals surface area contributed by atoms with Gasteiger partial charge in [0.2, 0.25) is 5.91 Å². The number of benzene rings is 2. The second-order valence-electron chi connectivity index (χ2n) is 4.50. The van der Waals surface area contributed by atoms with Gasteiger partial charge in [0.15, 0.2) is 0 Å². The van der Waals surface area contributed by atoms with Crippen molar-refractivity contribution in [1.29, 1.82) is 0 Å². The molecule has 0 aliphatic rings. The molecule has 2 aromatic carbocycles. The van der Waals surface area contributed by atoms with Crippen molar-refractivity contribution in [3.8, 4) is 11.5 Å². The van der Waals surface area contributed by atoms with E-state index in [0.29, 0.717) is 0 Å². The average Bonchev–Trinajstić information content (AvgIpc) is 2.49. The molecule has 0 aliphatic carbocycles. The molecule has 0 saturated heterocycles. The average molecular weight is 290 g/mol. The van der Waals surface area contributed by atoms with E-state index in [2.05, 4.69) is 0 Å². The number of hydrogen-bond acceptors (Lipinski definition) is 2. The minimum Gasteiger partial charge on any atom is -0.457 e. The smallest absolute Gasteiger partial charge is 0.241 e. The number of halogens is 1. The number of aryl methyl sites for hydroxylation is 1. The normalized spacial score (nSPS) is 10.2. The largest absolute Gasteiger partial charge is 0.457 e. The summed E-state index contributed by atoms with van der Waals surface area (Å²) in [4.78, 5) is 13.0. The molecule has 0 bridgehead atoms. The molecule has 0 atom stereocenters. The van der Waals surface area contributed by atoms with Crippen molar-refractivity contribution in [2.24, 2.45) is 0 Å². The number of carbonyl (C=O) groups excluding carboxylic acids is 1. The van der Waals surface area contributed by atoms with Gasteiger partial charge in [-0.1, -0.05) is 17.7 Å². The van der Waals surface area contributed by atoms with Crippen LogP contribution in [0, 0.1) is 6.92 Å². The van der Waals surface area contributed by atoms with Crippen LogP contribution in [0.5, 0.6) is 11.5 Å². The monoisotopic (exact) mass is 289 g/mol. The molecule has 0 aromatic heterocycles. The third kappa shape index (κ3) is 3.52. The molecule has 0 saturated carbocycles. The first kappa shape index (κ1) is 14.4. The maximum absolute atomic E-state index is 11.5. The van der Waals surface area contributed by atoms with Crippen LogP contribution < -0.4 is 9.64 Å². The zero-order chi connectivity index (χ0) is 14.5. The highest BCUT2D eigenvalue weighted by Gasteiger charge is 2.09. The van der Waals surface area contributed by atoms with Crippen LogP contribution in [0.15, 0.2) is 48.5 Å². The first-order valence-electron chi connectivity index (χ1n) is 6.27. The minimum absolute atomic E-state index is 0.0296. The van der Waals surface area contributed by atoms with Crippen LogP contribution in [0.4, 0.5) is 5.69 Å². The quantitative estimate of drug-likeness (QED) is 0.797. The number of alkyl halides is 1. The third-order valence-electron chi connectivity index (χ3n) is 2.97. The summed E-state index contributed by atoms with van der Waals surface area (Å²) in [5.41, 5.74) is 1.97. The Kier molecular flexibility index (Phi) is 4.64. The van der Waals surface area contributed by atoms with Crippen molar-refractivity contribution in [1.82, 2.24) is 0 Å². The number of ether oxygens (including phenoxy) is 1. The van der Waals surface area contributed by atoms with E-state index < -0.39 is 0 Å². The van der Waals surface area contributed by atoms with Gasteiger partial charge in [0.1, 0.15) is 17.4 Å². The molecule has 0 radical (unpaired) electrons. The fourth-order valence-electron chi connectivity index (χ4n) is 1.71. The molecule has 104 valence electrons. The highest BCUT2D eigenvalue weighted by atomic mass is 35.5. The standard InChI is InChI=1S/C16H16ClNO2/c1-12-3-7-14(8-4-12)20-15-9-5-13(6-10-15)18(2)16(19)11-17/h3-10H,11H2,1-2H3. The van der Waals surface area contributed by atoms with Gasteiger partial charge in [0.25, 0.3) is 0 Å². The highest BCUT2D eigenvalue weighted by Crippen LogP contribution is 2.24. The Hall–Kier alpha value is -2.00. The molecule has 2 rings (SSSR count). The summed E-state index contributed by atoms with van der Waals surface area (Å²) < 4.78 is 5.73. The zero-order valence-electron chi connectivity index (χ0n) is 11.5. The zero-order valence-corrected chi connectivity index (χ0v) is 12.2. The molecular formula is C16H16ClNO2. The van der Waals surface area contributed by atoms with Crippen molar-refractivity contribution in [3.63, 3.8) is 0 Å². The minimum atomic E-state index is -0.140. The molecule has 20 heavy (non-hydrogen) atoms. The number of anilines is 1. The Morgan fingerprint density at radius 2 is 1.55 bits per heavy atom. The fraction of sp³-hybridized carbons (Fsp3) is 0.188. The summed E-state index contributed by atoms with van der Waals surface area (Å²) in [5.74, 6) is 1.34. The molecule has 2 aromatic rings. The lowest BCUT2D eigenvalue weighted by Gasteiger charge is -2.16. The maximum atomic E-state index is 11.5. The lowest BCUT2D eigenvalue weighted by molar-refractivity contribution is -0.116. The molecule has 0 unspecified atom stereocenters. The van der Waals surface area contributed by atoms with E-state index in [-0.39, 0.29) is 11.8 Å². The van der Waals surface area contributed by atoms with Gasteiger partial charge < -0.3 is 9.64 Å². The van der Waals surface area contributed by atoms with Crippen LogP contribution in [0.2, 0.25) is 0 Å². The predicted molar refractivity (Wildman–Crippen MR) is 81.8 cm³/mol. The second-order valence-corrected chi connectivity index (χ2v) is 4.76. The molecule has 0 spiro atoms. The lowest BCUT2D eigenvalue weighted by atomic mass is 10.2. The molecule has 3 nitrogen and oxygen atoms in total. The van der Waals surface area contributed by atoms with Gasteiger partial charge in [0.05, 0.1) is 0 Å². The first-order valence-corrected chi connectivity index (χ1v) is 6.80. The Bertz CT molecular complexity index is 578. The number of carbonyl (C=O) groups is 1. The topological polar surface area (TPSA) is 29.5 Å². The molecule has 0 N–H and O–H groups in total. The molecule has 1 amide bonds. The van der Waals surface area contributed by atoms with E-state index in [1.54, 1.807) is 7.05 Å². The van der Waals surface area contributed by atoms with Crippen LogP contribution in [0.1, 0.15) is 5.56 Å². The summed E-state index contributed by atoms with van der Waals surface area (Å²) in [6, 6.07) is 15.1. The summed E-state index contributed by atoms with van der Waals surface area (Å²) in [5, 5.41) is 0. The molecular weight excluding hydrogens is 274 g/mol. The SMILES string of the molecule is Cc1ccc(Oc2ccc(N(C)C(=O)CCl)cc2)cc1. The number of amides is 1. The van der Waals surface area contributed by atoms with E-state index in [1.165, 1.54) is 10.5 Å². The van der Waals surface area contributed by atoms with Gasteiger partial charge >= 0.3 is 0 Å². The van der Waals surface area contributed by atoms with Gasteiger partial charge in [-0.2, -0.15) is 0 Å². The Balaban J connectivity index is 2.08. The van der Waals surface area contributed by atoms with Gasteiger partial charge in [-0.15, -0.1) is 11.6 Å². The van der Waals surface area contributed by atoms with Gasteiger partial charge in [-0.25, -0.2) is 0 Å². The predicted octanol–water partition coefficient (Wildman–Crippen LogP) is 3.99. The van der Waals surface area contributed by atoms with Gasteiger partial charge in [0, 0.05) is 12.7 Å². The maximum Gasteiger partial charge on any atom is 0.241 e. The van der Waals surface area contributed by atoms with E-state index in [9.17, 15) is 4.79 Å². The van der Waals surface area contributed by atoms with Crippen molar-refractivity contribution >= 4 is 23.2 Å². The van der Waals surface area contributed by atoms with Crippen LogP contribution >= 0.6 is 11.6 Å². The van der Waals surface area contributed by atoms with E-state index in [1.807, 2.05) is 55.5 Å². The summed E-state index contributed by atoms with van der Waals surface area (Å²) in [7, 11) is 1.69. The molecule has 0 aliphatic heterocycles. The number of hydrogen-bond donors (Lipinski definition) is 0. The van der Waals surface area contributed by atoms with E-state index in [4.69, 9.17) is 16.3 Å². The summed E-state index contributed by atoms with van der Waals surface area (Å²) in [6.07, 6.45) is 0. The Labute approximate surface area is 123 Å². The van der Waals surface area contributed by atoms with Crippen molar-refractivity contribution in [2.45, 2.75) is 6.92 Å². The molecule has 4 heteroatoms. The van der Waals surface area contributed by atoms with Crippen molar-refractivity contribution in [3.05, 3.63) is 54.1 Å². The van der Waals surface area contributed by atoms with Crippen LogP contribution in [-0.4, -0.2) is 18.8 Å². The molecule has 0 fully saturated rings. The van der Waals surface area contributed by atoms with Crippen molar-refractivity contribution < 1.29 is 9.53 Å². The third-order valence-corrected chi connectivity index (χ3v) is 3.20. The van der Waals surface area contributed by atoms with E-state index in [0.717, 1.165) is 17.2 Å². The van der Waals surface area contributed by atoms with Crippen LogP contribution in [0.3, 0.4) is 0 Å². The lowest BCUT2D eigenvalue weighted by Crippen LogP contribution is -2.26.